The van der Waals surface area contributed by atoms with Crippen LogP contribution in [0, 0.1) is 29.1 Å². The summed E-state index contributed by atoms with van der Waals surface area (Å²) in [6.45, 7) is 2.08. The third kappa shape index (κ3) is 5.06. The van der Waals surface area contributed by atoms with Gasteiger partial charge in [-0.3, -0.25) is 0 Å². The average Bonchev–Trinajstić information content (AvgIpc) is 2.74. The highest BCUT2D eigenvalue weighted by molar-refractivity contribution is 5.65. The quantitative estimate of drug-likeness (QED) is 0.190. The van der Waals surface area contributed by atoms with Crippen LogP contribution >= 0.6 is 0 Å². The fourth-order valence-corrected chi connectivity index (χ4v) is 3.22. The molecule has 0 radical (unpaired) electrons. The van der Waals surface area contributed by atoms with Crippen LogP contribution < -0.4 is 4.74 Å². The summed E-state index contributed by atoms with van der Waals surface area (Å²) in [7, 11) is 0. The van der Waals surface area contributed by atoms with E-state index in [1.165, 1.54) is 0 Å². The van der Waals surface area contributed by atoms with E-state index in [-0.39, 0.29) is 17.7 Å². The van der Waals surface area contributed by atoms with Gasteiger partial charge in [0.1, 0.15) is 11.3 Å². The summed E-state index contributed by atoms with van der Waals surface area (Å²) in [5, 5.41) is 0. The SMILES string of the molecule is CCCCCc1ccc(-c2ccc(C(F)(F)Oc3cc(F)c(F)c(F)c3)c(F)c2F)cc1. The summed E-state index contributed by atoms with van der Waals surface area (Å²) in [5.41, 5.74) is -0.404. The number of benzene rings is 3. The smallest absolute Gasteiger partial charge is 0.429 e. The molecule has 32 heavy (non-hydrogen) atoms. The minimum absolute atomic E-state index is 0.178. The normalized spacial score (nSPS) is 11.6. The zero-order valence-electron chi connectivity index (χ0n) is 17.0. The van der Waals surface area contributed by atoms with Gasteiger partial charge in [0.2, 0.25) is 0 Å². The van der Waals surface area contributed by atoms with E-state index in [1.807, 2.05) is 0 Å². The first kappa shape index (κ1) is 23.6. The molecule has 0 heterocycles. The molecule has 3 aromatic carbocycles. The Morgan fingerprint density at radius 1 is 0.750 bits per heavy atom. The van der Waals surface area contributed by atoms with Crippen LogP contribution in [0.5, 0.6) is 5.75 Å². The lowest BCUT2D eigenvalue weighted by Crippen LogP contribution is -2.24. The first-order valence-corrected chi connectivity index (χ1v) is 9.93. The standard InChI is InChI=1S/C24H19F7O/c1-2-3-4-5-14-6-8-15(9-7-14)17-10-11-18(22(28)21(17)27)24(30,31)32-16-12-19(25)23(29)20(26)13-16/h6-13H,2-5H2,1H3. The molecule has 0 atom stereocenters. The Bertz CT molecular complexity index is 1070. The van der Waals surface area contributed by atoms with Crippen molar-refractivity contribution < 1.29 is 35.5 Å². The Morgan fingerprint density at radius 3 is 1.97 bits per heavy atom. The van der Waals surface area contributed by atoms with Gasteiger partial charge in [-0.15, -0.1) is 0 Å². The molecule has 8 heteroatoms. The van der Waals surface area contributed by atoms with Crippen molar-refractivity contribution in [3.05, 3.63) is 88.7 Å². The van der Waals surface area contributed by atoms with Gasteiger partial charge in [0, 0.05) is 17.7 Å². The van der Waals surface area contributed by atoms with Gasteiger partial charge in [0.15, 0.2) is 29.1 Å². The predicted octanol–water partition coefficient (Wildman–Crippen LogP) is 7.91. The summed E-state index contributed by atoms with van der Waals surface area (Å²) in [4.78, 5) is 0. The fraction of sp³-hybridized carbons (Fsp3) is 0.250. The molecule has 0 bridgehead atoms. The topological polar surface area (TPSA) is 9.23 Å². The molecule has 0 saturated heterocycles. The molecule has 0 aliphatic carbocycles. The van der Waals surface area contributed by atoms with E-state index >= 15 is 0 Å². The van der Waals surface area contributed by atoms with E-state index in [9.17, 15) is 30.7 Å². The summed E-state index contributed by atoms with van der Waals surface area (Å²) < 4.78 is 102. The van der Waals surface area contributed by atoms with Crippen molar-refractivity contribution in [2.45, 2.75) is 38.7 Å². The van der Waals surface area contributed by atoms with Crippen LogP contribution in [0.3, 0.4) is 0 Å². The number of aryl methyl sites for hydroxylation is 1. The van der Waals surface area contributed by atoms with Crippen molar-refractivity contribution in [2.24, 2.45) is 0 Å². The molecule has 0 amide bonds. The number of hydrogen-bond acceptors (Lipinski definition) is 1. The van der Waals surface area contributed by atoms with Crippen molar-refractivity contribution >= 4 is 0 Å². The number of ether oxygens (including phenoxy) is 1. The van der Waals surface area contributed by atoms with Gasteiger partial charge in [0.25, 0.3) is 0 Å². The Kier molecular flexibility index (Phi) is 7.11. The second-order valence-electron chi connectivity index (χ2n) is 7.26. The summed E-state index contributed by atoms with van der Waals surface area (Å²) in [6.07, 6.45) is -0.531. The van der Waals surface area contributed by atoms with Crippen LogP contribution in [0.2, 0.25) is 0 Å². The molecule has 0 aliphatic rings. The van der Waals surface area contributed by atoms with Gasteiger partial charge < -0.3 is 4.74 Å². The lowest BCUT2D eigenvalue weighted by Gasteiger charge is -2.20. The van der Waals surface area contributed by atoms with Crippen LogP contribution in [0.4, 0.5) is 30.7 Å². The number of hydrogen-bond donors (Lipinski definition) is 0. The fourth-order valence-electron chi connectivity index (χ4n) is 3.22. The first-order valence-electron chi connectivity index (χ1n) is 9.93. The molecule has 1 nitrogen and oxygen atoms in total. The Morgan fingerprint density at radius 2 is 1.38 bits per heavy atom. The van der Waals surface area contributed by atoms with Crippen LogP contribution in [-0.4, -0.2) is 0 Å². The summed E-state index contributed by atoms with van der Waals surface area (Å²) >= 11 is 0. The van der Waals surface area contributed by atoms with Gasteiger partial charge in [0.05, 0.1) is 0 Å². The molecule has 170 valence electrons. The molecule has 0 unspecified atom stereocenters. The highest BCUT2D eigenvalue weighted by Gasteiger charge is 2.39. The minimum Gasteiger partial charge on any atom is -0.429 e. The Labute approximate surface area is 180 Å². The second-order valence-corrected chi connectivity index (χ2v) is 7.26. The highest BCUT2D eigenvalue weighted by atomic mass is 19.3. The average molecular weight is 456 g/mol. The number of halogens is 7. The van der Waals surface area contributed by atoms with Crippen molar-refractivity contribution in [2.75, 3.05) is 0 Å². The molecule has 0 spiro atoms. The van der Waals surface area contributed by atoms with E-state index in [4.69, 9.17) is 0 Å². The molecule has 0 aromatic heterocycles. The largest absolute Gasteiger partial charge is 0.429 e. The maximum Gasteiger partial charge on any atom is 0.429 e. The lowest BCUT2D eigenvalue weighted by atomic mass is 9.99. The van der Waals surface area contributed by atoms with Crippen molar-refractivity contribution in [3.63, 3.8) is 0 Å². The van der Waals surface area contributed by atoms with E-state index in [1.54, 1.807) is 24.3 Å². The molecule has 0 fully saturated rings. The molecular formula is C24H19F7O. The van der Waals surface area contributed by atoms with E-state index < -0.39 is 46.5 Å². The Hall–Kier alpha value is -3.03. The number of rotatable bonds is 8. The third-order valence-electron chi connectivity index (χ3n) is 4.93. The summed E-state index contributed by atoms with van der Waals surface area (Å²) in [6, 6.07) is 8.59. The number of alkyl halides is 2. The van der Waals surface area contributed by atoms with E-state index in [0.29, 0.717) is 11.6 Å². The second kappa shape index (κ2) is 9.63. The van der Waals surface area contributed by atoms with Crippen LogP contribution in [-0.2, 0) is 12.5 Å². The van der Waals surface area contributed by atoms with Crippen LogP contribution in [0.25, 0.3) is 11.1 Å². The van der Waals surface area contributed by atoms with Crippen molar-refractivity contribution in [3.8, 4) is 16.9 Å². The maximum atomic E-state index is 14.6. The number of unbranched alkanes of at least 4 members (excludes halogenated alkanes) is 2. The van der Waals surface area contributed by atoms with Crippen molar-refractivity contribution in [1.29, 1.82) is 0 Å². The van der Waals surface area contributed by atoms with Gasteiger partial charge in [-0.1, -0.05) is 50.1 Å². The monoisotopic (exact) mass is 456 g/mol. The lowest BCUT2D eigenvalue weighted by molar-refractivity contribution is -0.187. The van der Waals surface area contributed by atoms with E-state index in [0.717, 1.165) is 37.3 Å². The molecule has 0 N–H and O–H groups in total. The zero-order valence-corrected chi connectivity index (χ0v) is 17.0. The molecule has 0 aliphatic heterocycles. The maximum absolute atomic E-state index is 14.6. The van der Waals surface area contributed by atoms with E-state index in [2.05, 4.69) is 11.7 Å². The van der Waals surface area contributed by atoms with Crippen LogP contribution in [0.1, 0.15) is 37.3 Å². The van der Waals surface area contributed by atoms with Gasteiger partial charge >= 0.3 is 6.11 Å². The molecule has 0 saturated carbocycles. The first-order chi connectivity index (χ1) is 15.1. The predicted molar refractivity (Wildman–Crippen MR) is 106 cm³/mol. The zero-order chi connectivity index (χ0) is 23.5. The third-order valence-corrected chi connectivity index (χ3v) is 4.93. The Balaban J connectivity index is 1.86. The highest BCUT2D eigenvalue weighted by Crippen LogP contribution is 2.37. The molecule has 3 aromatic rings. The van der Waals surface area contributed by atoms with Crippen molar-refractivity contribution in [1.82, 2.24) is 0 Å². The van der Waals surface area contributed by atoms with Gasteiger partial charge in [-0.05, 0) is 30.0 Å². The summed E-state index contributed by atoms with van der Waals surface area (Å²) in [5.74, 6) is -9.90. The minimum atomic E-state index is -4.48. The van der Waals surface area contributed by atoms with Gasteiger partial charge in [-0.25, -0.2) is 22.0 Å². The molecule has 3 rings (SSSR count). The van der Waals surface area contributed by atoms with Gasteiger partial charge in [-0.2, -0.15) is 8.78 Å². The molecular weight excluding hydrogens is 437 g/mol. The van der Waals surface area contributed by atoms with Crippen LogP contribution in [0.15, 0.2) is 48.5 Å².